The minimum absolute atomic E-state index is 0.0198. The second-order valence-corrected chi connectivity index (χ2v) is 5.78. The Bertz CT molecular complexity index is 220. The van der Waals surface area contributed by atoms with Crippen LogP contribution in [0, 0.1) is 0 Å². The number of rotatable bonds is 7. The van der Waals surface area contributed by atoms with Crippen LogP contribution in [0.25, 0.3) is 0 Å². The van der Waals surface area contributed by atoms with Gasteiger partial charge in [0, 0.05) is 50.1 Å². The van der Waals surface area contributed by atoms with Crippen molar-refractivity contribution in [3.63, 3.8) is 0 Å². The lowest BCUT2D eigenvalue weighted by molar-refractivity contribution is -0.121. The summed E-state index contributed by atoms with van der Waals surface area (Å²) < 4.78 is 0. The minimum atomic E-state index is 0.0198. The van der Waals surface area contributed by atoms with Gasteiger partial charge in [0.25, 0.3) is 0 Å². The molecule has 1 heterocycles. The fourth-order valence-corrected chi connectivity index (χ4v) is 2.94. The molecule has 0 radical (unpaired) electrons. The zero-order valence-electron chi connectivity index (χ0n) is 10.8. The van der Waals surface area contributed by atoms with Crippen LogP contribution < -0.4 is 11.1 Å². The molecule has 1 amide bonds. The van der Waals surface area contributed by atoms with Gasteiger partial charge in [0.15, 0.2) is 0 Å². The first-order chi connectivity index (χ1) is 8.22. The summed E-state index contributed by atoms with van der Waals surface area (Å²) in [6.07, 6.45) is 2.43. The molecule has 17 heavy (non-hydrogen) atoms. The average Bonchev–Trinajstić information content (AvgIpc) is 2.30. The van der Waals surface area contributed by atoms with Gasteiger partial charge in [-0.2, -0.15) is 11.8 Å². The van der Waals surface area contributed by atoms with Crippen LogP contribution >= 0.6 is 11.8 Å². The zero-order chi connectivity index (χ0) is 12.5. The molecule has 0 aromatic rings. The summed E-state index contributed by atoms with van der Waals surface area (Å²) >= 11 is 2.01. The summed E-state index contributed by atoms with van der Waals surface area (Å²) in [4.78, 5) is 14.0. The largest absolute Gasteiger partial charge is 0.355 e. The van der Waals surface area contributed by atoms with Gasteiger partial charge in [-0.15, -0.1) is 0 Å². The summed E-state index contributed by atoms with van der Waals surface area (Å²) in [7, 11) is 0. The van der Waals surface area contributed by atoms with E-state index in [9.17, 15) is 4.79 Å². The second kappa shape index (κ2) is 8.78. The van der Waals surface area contributed by atoms with Gasteiger partial charge in [-0.3, -0.25) is 9.69 Å². The first-order valence-corrected chi connectivity index (χ1v) is 7.70. The molecule has 1 aliphatic rings. The van der Waals surface area contributed by atoms with Gasteiger partial charge >= 0.3 is 0 Å². The lowest BCUT2D eigenvalue weighted by Gasteiger charge is -2.26. The van der Waals surface area contributed by atoms with E-state index in [0.717, 1.165) is 39.0 Å². The van der Waals surface area contributed by atoms with Crippen molar-refractivity contribution in [1.29, 1.82) is 0 Å². The van der Waals surface area contributed by atoms with Crippen LogP contribution in [-0.4, -0.2) is 54.5 Å². The highest BCUT2D eigenvalue weighted by atomic mass is 32.2. The van der Waals surface area contributed by atoms with E-state index in [1.54, 1.807) is 0 Å². The lowest BCUT2D eigenvalue weighted by atomic mass is 10.1. The summed E-state index contributed by atoms with van der Waals surface area (Å²) in [5.74, 6) is 2.53. The predicted octanol–water partition coefficient (Wildman–Crippen LogP) is 0.669. The quantitative estimate of drug-likeness (QED) is 0.705. The van der Waals surface area contributed by atoms with Gasteiger partial charge in [0.1, 0.15) is 0 Å². The van der Waals surface area contributed by atoms with Gasteiger partial charge in [-0.05, 0) is 6.42 Å². The molecule has 0 aromatic heterocycles. The number of nitrogens with two attached hydrogens (primary N) is 1. The maximum atomic E-state index is 11.6. The molecule has 1 saturated heterocycles. The molecule has 1 unspecified atom stereocenters. The van der Waals surface area contributed by atoms with Crippen LogP contribution in [0.5, 0.6) is 0 Å². The van der Waals surface area contributed by atoms with Crippen molar-refractivity contribution >= 4 is 17.7 Å². The Hall–Kier alpha value is -0.260. The molecular formula is C12H25N3OS. The van der Waals surface area contributed by atoms with E-state index in [1.807, 2.05) is 11.8 Å². The summed E-state index contributed by atoms with van der Waals surface area (Å²) in [5, 5.41) is 2.95. The van der Waals surface area contributed by atoms with E-state index < -0.39 is 0 Å². The van der Waals surface area contributed by atoms with Crippen LogP contribution in [0.2, 0.25) is 0 Å². The Morgan fingerprint density at radius 1 is 1.47 bits per heavy atom. The number of thioether (sulfide) groups is 1. The standard InChI is InChI=1S/C12H25N3OS/c1-2-3-11(13)10-12(16)14-4-5-15-6-8-17-9-7-15/h11H,2-10,13H2,1H3,(H,14,16). The maximum absolute atomic E-state index is 11.6. The molecule has 1 rings (SSSR count). The van der Waals surface area contributed by atoms with E-state index in [1.165, 1.54) is 11.5 Å². The molecule has 4 nitrogen and oxygen atoms in total. The number of amides is 1. The fraction of sp³-hybridized carbons (Fsp3) is 0.917. The Morgan fingerprint density at radius 2 is 2.18 bits per heavy atom. The monoisotopic (exact) mass is 259 g/mol. The van der Waals surface area contributed by atoms with Crippen molar-refractivity contribution in [1.82, 2.24) is 10.2 Å². The number of hydrogen-bond acceptors (Lipinski definition) is 4. The summed E-state index contributed by atoms with van der Waals surface area (Å²) in [5.41, 5.74) is 5.83. The second-order valence-electron chi connectivity index (χ2n) is 4.56. The van der Waals surface area contributed by atoms with E-state index in [0.29, 0.717) is 6.42 Å². The van der Waals surface area contributed by atoms with Gasteiger partial charge in [0.2, 0.25) is 5.91 Å². The molecule has 0 spiro atoms. The first kappa shape index (κ1) is 14.8. The topological polar surface area (TPSA) is 58.4 Å². The number of nitrogens with one attached hydrogen (secondary N) is 1. The number of carbonyl (C=O) groups excluding carboxylic acids is 1. The molecule has 1 atom stereocenters. The van der Waals surface area contributed by atoms with Crippen molar-refractivity contribution in [3.8, 4) is 0 Å². The highest BCUT2D eigenvalue weighted by molar-refractivity contribution is 7.99. The third-order valence-electron chi connectivity index (χ3n) is 2.96. The smallest absolute Gasteiger partial charge is 0.221 e. The third kappa shape index (κ3) is 6.91. The van der Waals surface area contributed by atoms with Crippen molar-refractivity contribution < 1.29 is 4.79 Å². The van der Waals surface area contributed by atoms with Crippen molar-refractivity contribution in [2.45, 2.75) is 32.2 Å². The average molecular weight is 259 g/mol. The van der Waals surface area contributed by atoms with Crippen molar-refractivity contribution in [2.24, 2.45) is 5.73 Å². The molecular weight excluding hydrogens is 234 g/mol. The van der Waals surface area contributed by atoms with E-state index >= 15 is 0 Å². The van der Waals surface area contributed by atoms with Crippen LogP contribution in [0.4, 0.5) is 0 Å². The number of hydrogen-bond donors (Lipinski definition) is 2. The highest BCUT2D eigenvalue weighted by Crippen LogP contribution is 2.07. The summed E-state index contributed by atoms with van der Waals surface area (Å²) in [6.45, 7) is 6.11. The first-order valence-electron chi connectivity index (χ1n) is 6.54. The normalized spacial score (nSPS) is 18.9. The van der Waals surface area contributed by atoms with E-state index in [4.69, 9.17) is 5.73 Å². The maximum Gasteiger partial charge on any atom is 0.221 e. The Labute approximate surface area is 109 Å². The number of carbonyl (C=O) groups is 1. The summed E-state index contributed by atoms with van der Waals surface area (Å²) in [6, 6.07) is 0.0198. The fourth-order valence-electron chi connectivity index (χ4n) is 1.96. The van der Waals surface area contributed by atoms with Gasteiger partial charge < -0.3 is 11.1 Å². The van der Waals surface area contributed by atoms with Gasteiger partial charge in [0.05, 0.1) is 0 Å². The number of nitrogens with zero attached hydrogens (tertiary/aromatic N) is 1. The molecule has 3 N–H and O–H groups in total. The minimum Gasteiger partial charge on any atom is -0.355 e. The Morgan fingerprint density at radius 3 is 2.82 bits per heavy atom. The van der Waals surface area contributed by atoms with Crippen molar-refractivity contribution in [3.05, 3.63) is 0 Å². The molecule has 1 aliphatic heterocycles. The van der Waals surface area contributed by atoms with Gasteiger partial charge in [-0.1, -0.05) is 13.3 Å². The van der Waals surface area contributed by atoms with Crippen molar-refractivity contribution in [2.75, 3.05) is 37.7 Å². The van der Waals surface area contributed by atoms with E-state index in [2.05, 4.69) is 17.1 Å². The molecule has 0 bridgehead atoms. The van der Waals surface area contributed by atoms with Crippen LogP contribution in [0.3, 0.4) is 0 Å². The molecule has 0 saturated carbocycles. The SMILES string of the molecule is CCCC(N)CC(=O)NCCN1CCSCC1. The van der Waals surface area contributed by atoms with Crippen LogP contribution in [-0.2, 0) is 4.79 Å². The predicted molar refractivity (Wildman–Crippen MR) is 74.3 cm³/mol. The van der Waals surface area contributed by atoms with Gasteiger partial charge in [-0.25, -0.2) is 0 Å². The molecule has 0 aliphatic carbocycles. The Balaban J connectivity index is 2.03. The van der Waals surface area contributed by atoms with E-state index in [-0.39, 0.29) is 11.9 Å². The zero-order valence-corrected chi connectivity index (χ0v) is 11.6. The molecule has 100 valence electrons. The molecule has 5 heteroatoms. The molecule has 0 aromatic carbocycles. The molecule has 1 fully saturated rings. The lowest BCUT2D eigenvalue weighted by Crippen LogP contribution is -2.40. The van der Waals surface area contributed by atoms with Crippen LogP contribution in [0.1, 0.15) is 26.2 Å². The van der Waals surface area contributed by atoms with Crippen LogP contribution in [0.15, 0.2) is 0 Å². The Kier molecular flexibility index (Phi) is 7.64. The highest BCUT2D eigenvalue weighted by Gasteiger charge is 2.11. The third-order valence-corrected chi connectivity index (χ3v) is 3.90.